The fraction of sp³-hybridized carbons (Fsp3) is 0.833. The smallest absolute Gasteiger partial charge is 0.105 e. The lowest BCUT2D eigenvalue weighted by Crippen LogP contribution is -2.46. The van der Waals surface area contributed by atoms with E-state index in [1.165, 1.54) is 4.88 Å². The van der Waals surface area contributed by atoms with Crippen LogP contribution in [0.5, 0.6) is 0 Å². The largest absolute Gasteiger partial charge is 0.379 e. The first-order valence-electron chi connectivity index (χ1n) is 9.39. The van der Waals surface area contributed by atoms with Gasteiger partial charge in [0.25, 0.3) is 0 Å². The molecule has 0 aromatic carbocycles. The van der Waals surface area contributed by atoms with E-state index < -0.39 is 0 Å². The van der Waals surface area contributed by atoms with Crippen LogP contribution >= 0.6 is 11.3 Å². The Labute approximate surface area is 154 Å². The van der Waals surface area contributed by atoms with E-state index >= 15 is 0 Å². The Balaban J connectivity index is 1.36. The quantitative estimate of drug-likeness (QED) is 0.804. The average molecular weight is 368 g/mol. The van der Waals surface area contributed by atoms with Gasteiger partial charge in [-0.15, -0.1) is 11.3 Å². The molecule has 3 fully saturated rings. The molecular weight excluding hydrogens is 338 g/mol. The number of aryl methyl sites for hydroxylation is 1. The lowest BCUT2D eigenvalue weighted by atomic mass is 10.00. The van der Waals surface area contributed by atoms with Gasteiger partial charge in [-0.2, -0.15) is 0 Å². The summed E-state index contributed by atoms with van der Waals surface area (Å²) in [6, 6.07) is 0. The number of hydrogen-bond acceptors (Lipinski definition) is 7. The summed E-state index contributed by atoms with van der Waals surface area (Å²) in [6.07, 6.45) is 2.56. The molecule has 0 aliphatic carbocycles. The van der Waals surface area contributed by atoms with Crippen LogP contribution in [0.4, 0.5) is 0 Å². The number of morpholine rings is 1. The molecule has 1 spiro atoms. The predicted molar refractivity (Wildman–Crippen MR) is 97.0 cm³/mol. The third-order valence-electron chi connectivity index (χ3n) is 5.54. The zero-order chi connectivity index (χ0) is 17.1. The fourth-order valence-corrected chi connectivity index (χ4v) is 4.94. The van der Waals surface area contributed by atoms with Crippen molar-refractivity contribution in [1.29, 1.82) is 0 Å². The van der Waals surface area contributed by atoms with Gasteiger partial charge in [-0.3, -0.25) is 9.80 Å². The highest BCUT2D eigenvalue weighted by Crippen LogP contribution is 2.34. The van der Waals surface area contributed by atoms with E-state index in [0.717, 1.165) is 84.2 Å². The molecule has 0 radical (unpaired) electrons. The summed E-state index contributed by atoms with van der Waals surface area (Å²) in [6.45, 7) is 11.3. The van der Waals surface area contributed by atoms with Crippen molar-refractivity contribution in [3.05, 3.63) is 16.1 Å². The molecule has 1 aromatic heterocycles. The van der Waals surface area contributed by atoms with Crippen molar-refractivity contribution in [1.82, 2.24) is 14.8 Å². The van der Waals surface area contributed by atoms with Crippen LogP contribution < -0.4 is 0 Å². The molecule has 6 nitrogen and oxygen atoms in total. The Hall–Kier alpha value is -0.570. The van der Waals surface area contributed by atoms with Gasteiger partial charge in [0.05, 0.1) is 43.7 Å². The van der Waals surface area contributed by atoms with Crippen molar-refractivity contribution >= 4 is 11.3 Å². The second-order valence-corrected chi connectivity index (χ2v) is 8.44. The Morgan fingerprint density at radius 2 is 2.00 bits per heavy atom. The van der Waals surface area contributed by atoms with E-state index in [2.05, 4.69) is 21.7 Å². The Bertz CT molecular complexity index is 564. The maximum atomic E-state index is 6.59. The van der Waals surface area contributed by atoms with Gasteiger partial charge in [-0.1, -0.05) is 0 Å². The molecule has 1 aromatic rings. The molecule has 0 amide bonds. The van der Waals surface area contributed by atoms with Crippen molar-refractivity contribution in [3.63, 3.8) is 0 Å². The molecule has 25 heavy (non-hydrogen) atoms. The number of aromatic nitrogens is 1. The standard InChI is InChI=1S/C18H29N3O3S/c1-15-17(25-14-19-15)11-21-6-9-23-13-18(12-21)3-2-16(24-18)10-20-4-7-22-8-5-20/h14,16H,2-13H2,1H3. The van der Waals surface area contributed by atoms with Gasteiger partial charge in [0.1, 0.15) is 5.60 Å². The van der Waals surface area contributed by atoms with E-state index in [9.17, 15) is 0 Å². The maximum Gasteiger partial charge on any atom is 0.105 e. The van der Waals surface area contributed by atoms with Gasteiger partial charge in [0.15, 0.2) is 0 Å². The minimum absolute atomic E-state index is 0.133. The van der Waals surface area contributed by atoms with Crippen LogP contribution in [0.1, 0.15) is 23.4 Å². The molecule has 3 saturated heterocycles. The zero-order valence-electron chi connectivity index (χ0n) is 15.1. The molecule has 7 heteroatoms. The lowest BCUT2D eigenvalue weighted by molar-refractivity contribution is -0.0966. The van der Waals surface area contributed by atoms with Gasteiger partial charge in [-0.25, -0.2) is 4.98 Å². The van der Waals surface area contributed by atoms with Crippen LogP contribution in [0.15, 0.2) is 5.51 Å². The maximum absolute atomic E-state index is 6.59. The average Bonchev–Trinajstić information content (AvgIpc) is 3.13. The number of ether oxygens (including phenoxy) is 3. The summed E-state index contributed by atoms with van der Waals surface area (Å²) in [5, 5.41) is 0. The monoisotopic (exact) mass is 367 g/mol. The Morgan fingerprint density at radius 1 is 1.20 bits per heavy atom. The molecule has 0 N–H and O–H groups in total. The first kappa shape index (κ1) is 17.8. The molecule has 3 aliphatic rings. The Kier molecular flexibility index (Phi) is 5.69. The molecule has 4 heterocycles. The number of rotatable bonds is 4. The van der Waals surface area contributed by atoms with E-state index in [-0.39, 0.29) is 5.60 Å². The van der Waals surface area contributed by atoms with Gasteiger partial charge < -0.3 is 14.2 Å². The minimum Gasteiger partial charge on any atom is -0.379 e. The van der Waals surface area contributed by atoms with Crippen LogP contribution in [-0.4, -0.2) is 85.6 Å². The van der Waals surface area contributed by atoms with Crippen molar-refractivity contribution < 1.29 is 14.2 Å². The number of nitrogens with zero attached hydrogens (tertiary/aromatic N) is 3. The molecule has 140 valence electrons. The molecule has 2 atom stereocenters. The van der Waals surface area contributed by atoms with Gasteiger partial charge in [0.2, 0.25) is 0 Å². The molecule has 2 unspecified atom stereocenters. The highest BCUT2D eigenvalue weighted by Gasteiger charge is 2.43. The van der Waals surface area contributed by atoms with Crippen molar-refractivity contribution in [2.45, 2.75) is 38.0 Å². The first-order chi connectivity index (χ1) is 12.2. The van der Waals surface area contributed by atoms with Crippen molar-refractivity contribution in [2.75, 3.05) is 59.2 Å². The predicted octanol–water partition coefficient (Wildman–Crippen LogP) is 1.53. The van der Waals surface area contributed by atoms with Crippen LogP contribution in [0.2, 0.25) is 0 Å². The van der Waals surface area contributed by atoms with E-state index in [1.807, 2.05) is 5.51 Å². The molecular formula is C18H29N3O3S. The highest BCUT2D eigenvalue weighted by atomic mass is 32.1. The Morgan fingerprint density at radius 3 is 2.80 bits per heavy atom. The molecule has 4 rings (SSSR count). The highest BCUT2D eigenvalue weighted by molar-refractivity contribution is 7.09. The molecule has 3 aliphatic heterocycles. The van der Waals surface area contributed by atoms with Crippen LogP contribution in [0.25, 0.3) is 0 Å². The van der Waals surface area contributed by atoms with E-state index in [4.69, 9.17) is 14.2 Å². The van der Waals surface area contributed by atoms with E-state index in [1.54, 1.807) is 11.3 Å². The third kappa shape index (κ3) is 4.40. The lowest BCUT2D eigenvalue weighted by Gasteiger charge is -2.33. The zero-order valence-corrected chi connectivity index (χ0v) is 15.9. The summed E-state index contributed by atoms with van der Waals surface area (Å²) < 4.78 is 18.0. The normalized spacial score (nSPS) is 32.3. The van der Waals surface area contributed by atoms with Gasteiger partial charge >= 0.3 is 0 Å². The minimum atomic E-state index is -0.133. The summed E-state index contributed by atoms with van der Waals surface area (Å²) in [5.41, 5.74) is 2.97. The summed E-state index contributed by atoms with van der Waals surface area (Å²) in [4.78, 5) is 10.7. The summed E-state index contributed by atoms with van der Waals surface area (Å²) in [5.74, 6) is 0. The third-order valence-corrected chi connectivity index (χ3v) is 6.46. The van der Waals surface area contributed by atoms with Crippen molar-refractivity contribution in [3.8, 4) is 0 Å². The second kappa shape index (κ2) is 7.98. The first-order valence-corrected chi connectivity index (χ1v) is 10.3. The van der Waals surface area contributed by atoms with Gasteiger partial charge in [-0.05, 0) is 19.8 Å². The number of hydrogen-bond donors (Lipinski definition) is 0. The summed E-state index contributed by atoms with van der Waals surface area (Å²) >= 11 is 1.75. The van der Waals surface area contributed by atoms with Crippen LogP contribution in [0.3, 0.4) is 0 Å². The van der Waals surface area contributed by atoms with Crippen molar-refractivity contribution in [2.24, 2.45) is 0 Å². The molecule has 0 saturated carbocycles. The van der Waals surface area contributed by atoms with Crippen LogP contribution in [0, 0.1) is 6.92 Å². The summed E-state index contributed by atoms with van der Waals surface area (Å²) in [7, 11) is 0. The fourth-order valence-electron chi connectivity index (χ4n) is 4.12. The topological polar surface area (TPSA) is 47.1 Å². The second-order valence-electron chi connectivity index (χ2n) is 7.50. The van der Waals surface area contributed by atoms with Crippen LogP contribution in [-0.2, 0) is 20.8 Å². The number of thiazole rings is 1. The van der Waals surface area contributed by atoms with Gasteiger partial charge in [0, 0.05) is 44.1 Å². The van der Waals surface area contributed by atoms with E-state index in [0.29, 0.717) is 6.10 Å². The molecule has 0 bridgehead atoms. The SMILES string of the molecule is Cc1ncsc1CN1CCOCC2(CCC(CN3CCOCC3)O2)C1.